The number of benzene rings is 2. The molecule has 1 atom stereocenters. The maximum absolute atomic E-state index is 13.2. The van der Waals surface area contributed by atoms with Gasteiger partial charge in [-0.15, -0.1) is 0 Å². The summed E-state index contributed by atoms with van der Waals surface area (Å²) in [5.74, 6) is -0.170. The van der Waals surface area contributed by atoms with Crippen molar-refractivity contribution in [2.75, 3.05) is 0 Å². The molecular formula is C16H12BrFO. The summed E-state index contributed by atoms with van der Waals surface area (Å²) in [4.78, 5) is 12.3. The van der Waals surface area contributed by atoms with Crippen LogP contribution in [0, 0.1) is 5.82 Å². The van der Waals surface area contributed by atoms with Crippen LogP contribution in [0.2, 0.25) is 0 Å². The van der Waals surface area contributed by atoms with Gasteiger partial charge < -0.3 is 0 Å². The van der Waals surface area contributed by atoms with Crippen molar-refractivity contribution in [3.8, 4) is 0 Å². The summed E-state index contributed by atoms with van der Waals surface area (Å²) in [5.41, 5.74) is 3.09. The third-order valence-electron chi connectivity index (χ3n) is 3.62. The molecule has 0 saturated heterocycles. The van der Waals surface area contributed by atoms with E-state index in [1.54, 1.807) is 6.07 Å². The molecule has 0 bridgehead atoms. The average Bonchev–Trinajstić information content (AvgIpc) is 2.35. The van der Waals surface area contributed by atoms with Gasteiger partial charge in [-0.2, -0.15) is 0 Å². The Morgan fingerprint density at radius 3 is 2.84 bits per heavy atom. The highest BCUT2D eigenvalue weighted by Gasteiger charge is 2.31. The first-order valence-corrected chi connectivity index (χ1v) is 6.99. The monoisotopic (exact) mass is 318 g/mol. The number of ketones is 1. The van der Waals surface area contributed by atoms with Crippen molar-refractivity contribution in [1.82, 2.24) is 0 Å². The second-order valence-electron chi connectivity index (χ2n) is 4.83. The van der Waals surface area contributed by atoms with E-state index in [4.69, 9.17) is 0 Å². The van der Waals surface area contributed by atoms with Crippen LogP contribution in [-0.4, -0.2) is 5.78 Å². The average molecular weight is 319 g/mol. The van der Waals surface area contributed by atoms with Gasteiger partial charge in [-0.05, 0) is 41.3 Å². The molecule has 0 spiro atoms. The Labute approximate surface area is 119 Å². The number of hydrogen-bond acceptors (Lipinski definition) is 1. The lowest BCUT2D eigenvalue weighted by Gasteiger charge is -2.28. The summed E-state index contributed by atoms with van der Waals surface area (Å²) in [6.07, 6.45) is 1.08. The number of Topliss-reactive ketones (excluding diaryl/α,β-unsaturated/α-hetero) is 1. The second kappa shape index (κ2) is 4.89. The molecule has 0 fully saturated rings. The van der Waals surface area contributed by atoms with Crippen molar-refractivity contribution < 1.29 is 9.18 Å². The van der Waals surface area contributed by atoms with Gasteiger partial charge in [0, 0.05) is 16.8 Å². The molecule has 1 unspecified atom stereocenters. The topological polar surface area (TPSA) is 17.1 Å². The molecule has 1 aliphatic rings. The molecule has 0 saturated carbocycles. The largest absolute Gasteiger partial charge is 0.299 e. The lowest BCUT2D eigenvalue weighted by atomic mass is 9.74. The van der Waals surface area contributed by atoms with Crippen LogP contribution >= 0.6 is 15.9 Å². The third kappa shape index (κ3) is 2.35. The molecule has 3 rings (SSSR count). The number of carbonyl (C=O) groups is 1. The molecule has 96 valence electrons. The van der Waals surface area contributed by atoms with Gasteiger partial charge in [-0.1, -0.05) is 40.2 Å². The first-order chi connectivity index (χ1) is 9.15. The van der Waals surface area contributed by atoms with Gasteiger partial charge in [0.05, 0.1) is 0 Å². The highest BCUT2D eigenvalue weighted by atomic mass is 79.9. The maximum atomic E-state index is 13.2. The molecule has 0 aromatic heterocycles. The highest BCUT2D eigenvalue weighted by Crippen LogP contribution is 2.36. The molecule has 19 heavy (non-hydrogen) atoms. The Balaban J connectivity index is 1.79. The van der Waals surface area contributed by atoms with E-state index in [9.17, 15) is 9.18 Å². The first-order valence-electron chi connectivity index (χ1n) is 6.19. The van der Waals surface area contributed by atoms with E-state index in [1.165, 1.54) is 17.7 Å². The van der Waals surface area contributed by atoms with Gasteiger partial charge in [0.25, 0.3) is 0 Å². The standard InChI is InChI=1S/C16H12BrFO/c17-15-6-5-12(18)7-11(15)9-16(19)14-8-10-3-1-2-4-13(10)14/h1-7,14H,8-9H2. The Kier molecular flexibility index (Phi) is 3.23. The highest BCUT2D eigenvalue weighted by molar-refractivity contribution is 9.10. The van der Waals surface area contributed by atoms with E-state index in [0.29, 0.717) is 0 Å². The van der Waals surface area contributed by atoms with Crippen LogP contribution < -0.4 is 0 Å². The molecule has 1 aliphatic carbocycles. The number of rotatable bonds is 3. The molecule has 0 amide bonds. The fraction of sp³-hybridized carbons (Fsp3) is 0.188. The van der Waals surface area contributed by atoms with Gasteiger partial charge in [-0.25, -0.2) is 4.39 Å². The molecule has 1 nitrogen and oxygen atoms in total. The van der Waals surface area contributed by atoms with Crippen molar-refractivity contribution in [1.29, 1.82) is 0 Å². The molecule has 2 aromatic rings. The summed E-state index contributed by atoms with van der Waals surface area (Å²) in [6.45, 7) is 0. The predicted molar refractivity (Wildman–Crippen MR) is 75.7 cm³/mol. The quantitative estimate of drug-likeness (QED) is 0.834. The van der Waals surface area contributed by atoms with Gasteiger partial charge in [0.1, 0.15) is 11.6 Å². The summed E-state index contributed by atoms with van der Waals surface area (Å²) >= 11 is 3.36. The van der Waals surface area contributed by atoms with E-state index < -0.39 is 0 Å². The smallest absolute Gasteiger partial charge is 0.145 e. The van der Waals surface area contributed by atoms with Gasteiger partial charge in [-0.3, -0.25) is 4.79 Å². The predicted octanol–water partition coefficient (Wildman–Crippen LogP) is 4.04. The maximum Gasteiger partial charge on any atom is 0.145 e. The van der Waals surface area contributed by atoms with Crippen LogP contribution in [0.1, 0.15) is 22.6 Å². The van der Waals surface area contributed by atoms with Crippen LogP contribution in [0.4, 0.5) is 4.39 Å². The zero-order chi connectivity index (χ0) is 13.4. The molecule has 0 aliphatic heterocycles. The Morgan fingerprint density at radius 1 is 1.26 bits per heavy atom. The fourth-order valence-electron chi connectivity index (χ4n) is 2.54. The number of hydrogen-bond donors (Lipinski definition) is 0. The third-order valence-corrected chi connectivity index (χ3v) is 4.39. The van der Waals surface area contributed by atoms with Crippen molar-refractivity contribution in [2.24, 2.45) is 0 Å². The van der Waals surface area contributed by atoms with Crippen LogP contribution in [-0.2, 0) is 17.6 Å². The minimum atomic E-state index is -0.306. The first kappa shape index (κ1) is 12.5. The van der Waals surface area contributed by atoms with Gasteiger partial charge >= 0.3 is 0 Å². The van der Waals surface area contributed by atoms with Gasteiger partial charge in [0.2, 0.25) is 0 Å². The van der Waals surface area contributed by atoms with E-state index in [1.807, 2.05) is 18.2 Å². The zero-order valence-electron chi connectivity index (χ0n) is 10.2. The normalized spacial score (nSPS) is 16.6. The number of fused-ring (bicyclic) bond motifs is 1. The molecule has 3 heteroatoms. The molecule has 2 aromatic carbocycles. The summed E-state index contributed by atoms with van der Waals surface area (Å²) in [5, 5.41) is 0. The molecular weight excluding hydrogens is 307 g/mol. The van der Waals surface area contributed by atoms with E-state index in [0.717, 1.165) is 22.0 Å². The SMILES string of the molecule is O=C(Cc1cc(F)ccc1Br)C1Cc2ccccc21. The van der Waals surface area contributed by atoms with Crippen LogP contribution in [0.5, 0.6) is 0 Å². The molecule has 0 heterocycles. The summed E-state index contributed by atoms with van der Waals surface area (Å²) < 4.78 is 14.0. The van der Waals surface area contributed by atoms with Crippen molar-refractivity contribution >= 4 is 21.7 Å². The van der Waals surface area contributed by atoms with E-state index in [-0.39, 0.29) is 23.9 Å². The van der Waals surface area contributed by atoms with Crippen LogP contribution in [0.15, 0.2) is 46.9 Å². The second-order valence-corrected chi connectivity index (χ2v) is 5.69. The Morgan fingerprint density at radius 2 is 2.05 bits per heavy atom. The number of halogens is 2. The van der Waals surface area contributed by atoms with Gasteiger partial charge in [0.15, 0.2) is 0 Å². The van der Waals surface area contributed by atoms with Crippen molar-refractivity contribution in [2.45, 2.75) is 18.8 Å². The Bertz CT molecular complexity index is 651. The molecule has 0 radical (unpaired) electrons. The summed E-state index contributed by atoms with van der Waals surface area (Å²) in [6, 6.07) is 12.5. The van der Waals surface area contributed by atoms with Crippen molar-refractivity contribution in [3.63, 3.8) is 0 Å². The minimum Gasteiger partial charge on any atom is -0.299 e. The van der Waals surface area contributed by atoms with Crippen molar-refractivity contribution in [3.05, 3.63) is 69.4 Å². The lowest BCUT2D eigenvalue weighted by molar-refractivity contribution is -0.120. The van der Waals surface area contributed by atoms with Crippen LogP contribution in [0.25, 0.3) is 0 Å². The fourth-order valence-corrected chi connectivity index (χ4v) is 2.92. The van der Waals surface area contributed by atoms with Crippen LogP contribution in [0.3, 0.4) is 0 Å². The van der Waals surface area contributed by atoms with E-state index >= 15 is 0 Å². The lowest BCUT2D eigenvalue weighted by Crippen LogP contribution is -2.26. The number of carbonyl (C=O) groups excluding carboxylic acids is 1. The Hall–Kier alpha value is -1.48. The molecule has 0 N–H and O–H groups in total. The zero-order valence-corrected chi connectivity index (χ0v) is 11.8. The minimum absolute atomic E-state index is 0.0219. The summed E-state index contributed by atoms with van der Waals surface area (Å²) in [7, 11) is 0. The van der Waals surface area contributed by atoms with E-state index in [2.05, 4.69) is 22.0 Å².